The third kappa shape index (κ3) is 9.41. The number of rotatable bonds is 18. The predicted molar refractivity (Wildman–Crippen MR) is 119 cm³/mol. The third-order valence-corrected chi connectivity index (χ3v) is 7.49. The Labute approximate surface area is 186 Å². The van der Waals surface area contributed by atoms with Gasteiger partial charge >= 0.3 is 13.6 Å². The summed E-state index contributed by atoms with van der Waals surface area (Å²) in [7, 11) is -2.09. The van der Waals surface area contributed by atoms with Crippen molar-refractivity contribution in [3.8, 4) is 0 Å². The molecule has 0 aliphatic rings. The summed E-state index contributed by atoms with van der Waals surface area (Å²) in [6, 6.07) is 0. The van der Waals surface area contributed by atoms with Gasteiger partial charge in [-0.3, -0.25) is 9.36 Å². The maximum atomic E-state index is 13.3. The van der Waals surface area contributed by atoms with Crippen molar-refractivity contribution >= 4 is 19.5 Å². The number of ether oxygens (including phenoxy) is 3. The summed E-state index contributed by atoms with van der Waals surface area (Å²) < 4.78 is 40.6. The minimum absolute atomic E-state index is 0.0243. The number of methoxy groups -OCH3 is 1. The van der Waals surface area contributed by atoms with Gasteiger partial charge in [-0.15, -0.1) is 0 Å². The van der Waals surface area contributed by atoms with Gasteiger partial charge in [-0.2, -0.15) is 0 Å². The maximum Gasteiger partial charge on any atom is 0.361 e. The van der Waals surface area contributed by atoms with Gasteiger partial charge in [-0.1, -0.05) is 33.3 Å². The Morgan fingerprint density at radius 2 is 1.68 bits per heavy atom. The van der Waals surface area contributed by atoms with E-state index in [0.717, 1.165) is 12.5 Å². The molecule has 0 radical (unpaired) electrons. The largest absolute Gasteiger partial charge is 0.461 e. The number of amides is 1. The van der Waals surface area contributed by atoms with Crippen LogP contribution in [0.5, 0.6) is 0 Å². The first kappa shape index (κ1) is 29.8. The lowest BCUT2D eigenvalue weighted by molar-refractivity contribution is -0.148. The SMILES string of the molecule is C=CC(=O)OCCNC(=O)C(C)(CCC)OCCOP(=O)(OCC)C(C)(CCC)OC. The van der Waals surface area contributed by atoms with Crippen LogP contribution in [-0.4, -0.2) is 62.9 Å². The van der Waals surface area contributed by atoms with Crippen LogP contribution in [-0.2, 0) is 37.4 Å². The normalized spacial score (nSPS) is 17.1. The Balaban J connectivity index is 4.90. The van der Waals surface area contributed by atoms with Crippen molar-refractivity contribution in [1.82, 2.24) is 5.32 Å². The van der Waals surface area contributed by atoms with Crippen molar-refractivity contribution in [2.75, 3.05) is 40.1 Å². The van der Waals surface area contributed by atoms with Crippen molar-refractivity contribution in [2.45, 2.75) is 71.2 Å². The zero-order valence-electron chi connectivity index (χ0n) is 19.9. The molecule has 10 heteroatoms. The summed E-state index contributed by atoms with van der Waals surface area (Å²) in [5.41, 5.74) is -1.11. The van der Waals surface area contributed by atoms with E-state index in [-0.39, 0.29) is 38.9 Å². The van der Waals surface area contributed by atoms with Gasteiger partial charge in [0.15, 0.2) is 5.34 Å². The maximum absolute atomic E-state index is 13.3. The minimum Gasteiger partial charge on any atom is -0.461 e. The highest BCUT2D eigenvalue weighted by atomic mass is 31.2. The molecule has 0 aliphatic carbocycles. The second kappa shape index (κ2) is 14.7. The van der Waals surface area contributed by atoms with Crippen LogP contribution in [0.1, 0.15) is 60.3 Å². The molecule has 0 rings (SSSR count). The molecule has 3 atom stereocenters. The molecule has 0 saturated heterocycles. The molecule has 1 N–H and O–H groups in total. The predicted octanol–water partition coefficient (Wildman–Crippen LogP) is 3.82. The molecule has 0 aliphatic heterocycles. The first-order chi connectivity index (χ1) is 14.6. The van der Waals surface area contributed by atoms with Crippen LogP contribution in [0.15, 0.2) is 12.7 Å². The summed E-state index contributed by atoms with van der Waals surface area (Å²) in [5, 5.41) is 1.63. The topological polar surface area (TPSA) is 109 Å². The zero-order valence-corrected chi connectivity index (χ0v) is 20.8. The van der Waals surface area contributed by atoms with E-state index in [1.165, 1.54) is 7.11 Å². The molecule has 3 unspecified atom stereocenters. The summed E-state index contributed by atoms with van der Waals surface area (Å²) >= 11 is 0. The molecule has 0 bridgehead atoms. The van der Waals surface area contributed by atoms with Gasteiger partial charge in [0.25, 0.3) is 5.91 Å². The molecule has 0 spiro atoms. The van der Waals surface area contributed by atoms with Gasteiger partial charge in [-0.05, 0) is 33.6 Å². The van der Waals surface area contributed by atoms with E-state index < -0.39 is 24.5 Å². The van der Waals surface area contributed by atoms with Crippen LogP contribution >= 0.6 is 7.60 Å². The zero-order chi connectivity index (χ0) is 24.0. The molecule has 0 heterocycles. The van der Waals surface area contributed by atoms with E-state index in [9.17, 15) is 14.2 Å². The minimum atomic E-state index is -3.57. The first-order valence-corrected chi connectivity index (χ1v) is 12.3. The van der Waals surface area contributed by atoms with E-state index in [0.29, 0.717) is 19.3 Å². The Bertz CT molecular complexity index is 614. The first-order valence-electron chi connectivity index (χ1n) is 10.7. The van der Waals surface area contributed by atoms with E-state index in [1.54, 1.807) is 20.8 Å². The standard InChI is InChI=1S/C21H40NO8P/c1-8-12-20(5,19(24)22-14-15-27-18(23)10-3)28-16-17-30-31(25,29-11-4)21(6,26-7)13-9-2/h10H,3,8-9,11-17H2,1-2,4-7H3,(H,22,24). The van der Waals surface area contributed by atoms with Crippen molar-refractivity contribution in [3.05, 3.63) is 12.7 Å². The van der Waals surface area contributed by atoms with Gasteiger partial charge in [0.2, 0.25) is 0 Å². The Kier molecular flexibility index (Phi) is 14.1. The number of carbonyl (C=O) groups excluding carboxylic acids is 2. The van der Waals surface area contributed by atoms with Crippen LogP contribution in [0, 0.1) is 0 Å². The van der Waals surface area contributed by atoms with Gasteiger partial charge < -0.3 is 28.6 Å². The molecular formula is C21H40NO8P. The second-order valence-corrected chi connectivity index (χ2v) is 9.79. The van der Waals surface area contributed by atoms with E-state index in [2.05, 4.69) is 11.9 Å². The van der Waals surface area contributed by atoms with Crippen LogP contribution in [0.3, 0.4) is 0 Å². The Morgan fingerprint density at radius 1 is 1.03 bits per heavy atom. The van der Waals surface area contributed by atoms with Gasteiger partial charge in [0, 0.05) is 13.2 Å². The average molecular weight is 466 g/mol. The molecule has 1 amide bonds. The number of hydrogen-bond donors (Lipinski definition) is 1. The number of carbonyl (C=O) groups is 2. The molecular weight excluding hydrogens is 425 g/mol. The summed E-state index contributed by atoms with van der Waals surface area (Å²) in [5.74, 6) is -0.881. The third-order valence-electron chi connectivity index (χ3n) is 4.80. The average Bonchev–Trinajstić information content (AvgIpc) is 2.74. The highest BCUT2D eigenvalue weighted by molar-refractivity contribution is 7.55. The lowest BCUT2D eigenvalue weighted by Gasteiger charge is -2.35. The quantitative estimate of drug-likeness (QED) is 0.141. The fraction of sp³-hybridized carbons (Fsp3) is 0.810. The summed E-state index contributed by atoms with van der Waals surface area (Å²) in [4.78, 5) is 23.7. The molecule has 0 aromatic rings. The van der Waals surface area contributed by atoms with E-state index in [4.69, 9.17) is 23.3 Å². The molecule has 0 aromatic carbocycles. The van der Waals surface area contributed by atoms with Crippen molar-refractivity contribution in [2.24, 2.45) is 0 Å². The number of nitrogens with one attached hydrogen (secondary N) is 1. The fourth-order valence-corrected chi connectivity index (χ4v) is 5.01. The fourth-order valence-electron chi connectivity index (χ4n) is 3.01. The van der Waals surface area contributed by atoms with Crippen molar-refractivity contribution in [3.63, 3.8) is 0 Å². The Morgan fingerprint density at radius 3 is 2.19 bits per heavy atom. The van der Waals surface area contributed by atoms with Crippen molar-refractivity contribution in [1.29, 1.82) is 0 Å². The highest BCUT2D eigenvalue weighted by Crippen LogP contribution is 2.62. The van der Waals surface area contributed by atoms with Crippen LogP contribution < -0.4 is 5.32 Å². The summed E-state index contributed by atoms with van der Waals surface area (Å²) in [6.07, 6.45) is 3.50. The lowest BCUT2D eigenvalue weighted by Crippen LogP contribution is -2.48. The molecule has 9 nitrogen and oxygen atoms in total. The summed E-state index contributed by atoms with van der Waals surface area (Å²) in [6.45, 7) is 12.8. The smallest absolute Gasteiger partial charge is 0.361 e. The second-order valence-electron chi connectivity index (χ2n) is 7.33. The monoisotopic (exact) mass is 465 g/mol. The van der Waals surface area contributed by atoms with Gasteiger partial charge in [0.05, 0.1) is 26.4 Å². The lowest BCUT2D eigenvalue weighted by atomic mass is 9.99. The van der Waals surface area contributed by atoms with Crippen LogP contribution in [0.4, 0.5) is 0 Å². The van der Waals surface area contributed by atoms with Crippen LogP contribution in [0.2, 0.25) is 0 Å². The van der Waals surface area contributed by atoms with Gasteiger partial charge in [-0.25, -0.2) is 4.79 Å². The molecule has 31 heavy (non-hydrogen) atoms. The van der Waals surface area contributed by atoms with E-state index >= 15 is 0 Å². The molecule has 0 fully saturated rings. The van der Waals surface area contributed by atoms with Crippen LogP contribution in [0.25, 0.3) is 0 Å². The molecule has 0 aromatic heterocycles. The number of esters is 1. The molecule has 182 valence electrons. The van der Waals surface area contributed by atoms with Gasteiger partial charge in [0.1, 0.15) is 12.2 Å². The van der Waals surface area contributed by atoms with E-state index in [1.807, 2.05) is 13.8 Å². The van der Waals surface area contributed by atoms with Crippen molar-refractivity contribution < 1.29 is 37.4 Å². The molecule has 0 saturated carbocycles. The number of hydrogen-bond acceptors (Lipinski definition) is 8. The Hall–Kier alpha value is -1.25. The highest BCUT2D eigenvalue weighted by Gasteiger charge is 2.47.